The number of aromatic nitrogens is 1. The van der Waals surface area contributed by atoms with Crippen LogP contribution in [0.3, 0.4) is 0 Å². The third kappa shape index (κ3) is 15.4. The van der Waals surface area contributed by atoms with Gasteiger partial charge in [-0.1, -0.05) is 6.07 Å². The zero-order valence-electron chi connectivity index (χ0n) is 24.9. The maximum atomic E-state index is 10.6. The second-order valence-electron chi connectivity index (χ2n) is 11.2. The van der Waals surface area contributed by atoms with Gasteiger partial charge in [-0.25, -0.2) is 14.4 Å². The molecule has 3 aliphatic rings. The lowest BCUT2D eigenvalue weighted by atomic mass is 9.71. The number of nitrogens with zero attached hydrogens (tertiary/aromatic N) is 3. The Kier molecular flexibility index (Phi) is 15.2. The van der Waals surface area contributed by atoms with E-state index in [9.17, 15) is 39.5 Å². The Morgan fingerprint density at radius 1 is 0.870 bits per heavy atom. The highest BCUT2D eigenvalue weighted by Gasteiger charge is 2.47. The summed E-state index contributed by atoms with van der Waals surface area (Å²) in [6.45, 7) is 9.87. The number of aliphatic carboxylic acids is 3. The number of alkyl halides is 9. The molecule has 1 spiro atoms. The van der Waals surface area contributed by atoms with Crippen molar-refractivity contribution in [2.24, 2.45) is 17.3 Å². The van der Waals surface area contributed by atoms with Crippen LogP contribution < -0.4 is 0 Å². The average Bonchev–Trinajstić information content (AvgIpc) is 3.67. The number of piperidine rings is 1. The SMILES string of the molecule is Cc1cccc(CN2CC(COCC3CC3)C3(CCN(C)CC3)C2)n1.O=C(O)C(F)(F)F.O=C(O)C(F)(F)F.O=C(O)C(F)(F)F. The Morgan fingerprint density at radius 2 is 1.33 bits per heavy atom. The highest BCUT2D eigenvalue weighted by molar-refractivity contribution is 5.73. The van der Waals surface area contributed by atoms with E-state index in [1.807, 2.05) is 0 Å². The Labute approximate surface area is 258 Å². The molecule has 1 aromatic rings. The van der Waals surface area contributed by atoms with Gasteiger partial charge in [-0.05, 0) is 76.2 Å². The van der Waals surface area contributed by atoms with Crippen LogP contribution in [0.1, 0.15) is 37.1 Å². The monoisotopic (exact) mass is 685 g/mol. The third-order valence-corrected chi connectivity index (χ3v) is 7.29. The summed E-state index contributed by atoms with van der Waals surface area (Å²) in [6.07, 6.45) is -9.85. The molecule has 1 aliphatic carbocycles. The largest absolute Gasteiger partial charge is 0.490 e. The van der Waals surface area contributed by atoms with E-state index < -0.39 is 36.4 Å². The summed E-state index contributed by atoms with van der Waals surface area (Å²) in [5.41, 5.74) is 2.79. The van der Waals surface area contributed by atoms with Crippen LogP contribution in [-0.2, 0) is 25.7 Å². The Balaban J connectivity index is 0.000000413. The van der Waals surface area contributed by atoms with Crippen LogP contribution in [0.4, 0.5) is 39.5 Å². The number of likely N-dealkylation sites (tertiary alicyclic amines) is 2. The molecule has 264 valence electrons. The van der Waals surface area contributed by atoms with Gasteiger partial charge in [0.1, 0.15) is 0 Å². The predicted octanol–water partition coefficient (Wildman–Crippen LogP) is 4.86. The first-order valence-electron chi connectivity index (χ1n) is 13.8. The summed E-state index contributed by atoms with van der Waals surface area (Å²) in [5, 5.41) is 21.4. The second-order valence-corrected chi connectivity index (χ2v) is 11.2. The molecule has 0 bridgehead atoms. The molecule has 1 saturated carbocycles. The van der Waals surface area contributed by atoms with Crippen molar-refractivity contribution < 1.29 is 74.0 Å². The first kappa shape index (κ1) is 40.8. The van der Waals surface area contributed by atoms with Crippen molar-refractivity contribution in [3.8, 4) is 0 Å². The summed E-state index contributed by atoms with van der Waals surface area (Å²) in [4.78, 5) is 36.5. The van der Waals surface area contributed by atoms with E-state index in [2.05, 4.69) is 42.0 Å². The van der Waals surface area contributed by atoms with E-state index in [4.69, 9.17) is 39.4 Å². The lowest BCUT2D eigenvalue weighted by molar-refractivity contribution is -0.193. The maximum Gasteiger partial charge on any atom is 0.490 e. The average molecular weight is 686 g/mol. The molecule has 0 aromatic carbocycles. The summed E-state index contributed by atoms with van der Waals surface area (Å²) in [6, 6.07) is 6.39. The molecule has 1 atom stereocenters. The number of rotatable bonds is 6. The minimum atomic E-state index is -5.08. The number of carbonyl (C=O) groups is 3. The molecule has 1 unspecified atom stereocenters. The zero-order chi connectivity index (χ0) is 35.5. The van der Waals surface area contributed by atoms with Crippen LogP contribution in [-0.4, -0.2) is 113 Å². The molecule has 0 amide bonds. The van der Waals surface area contributed by atoms with E-state index >= 15 is 0 Å². The van der Waals surface area contributed by atoms with Crippen molar-refractivity contribution in [2.45, 2.75) is 57.7 Å². The molecule has 3 heterocycles. The zero-order valence-corrected chi connectivity index (χ0v) is 24.9. The highest BCUT2D eigenvalue weighted by atomic mass is 19.4. The summed E-state index contributed by atoms with van der Waals surface area (Å²) in [5.74, 6) is -6.72. The Morgan fingerprint density at radius 3 is 1.72 bits per heavy atom. The van der Waals surface area contributed by atoms with Gasteiger partial charge in [0.05, 0.1) is 12.3 Å². The fraction of sp³-hybridized carbons (Fsp3) is 0.704. The molecular weight excluding hydrogens is 649 g/mol. The minimum Gasteiger partial charge on any atom is -0.475 e. The molecule has 2 aliphatic heterocycles. The number of carboxylic acids is 3. The van der Waals surface area contributed by atoms with Crippen molar-refractivity contribution in [3.63, 3.8) is 0 Å². The van der Waals surface area contributed by atoms with Crippen LogP contribution in [0, 0.1) is 24.2 Å². The van der Waals surface area contributed by atoms with E-state index in [0.29, 0.717) is 11.3 Å². The van der Waals surface area contributed by atoms with E-state index in [0.717, 1.165) is 31.4 Å². The van der Waals surface area contributed by atoms with Gasteiger partial charge in [-0.2, -0.15) is 39.5 Å². The van der Waals surface area contributed by atoms with E-state index in [-0.39, 0.29) is 0 Å². The topological polar surface area (TPSA) is 140 Å². The molecular formula is C27H36F9N3O7. The van der Waals surface area contributed by atoms with Crippen molar-refractivity contribution in [3.05, 3.63) is 29.6 Å². The first-order chi connectivity index (χ1) is 21.0. The molecule has 10 nitrogen and oxygen atoms in total. The van der Waals surface area contributed by atoms with E-state index in [1.54, 1.807) is 0 Å². The lowest BCUT2D eigenvalue weighted by Crippen LogP contribution is -2.43. The van der Waals surface area contributed by atoms with Crippen LogP contribution in [0.15, 0.2) is 18.2 Å². The molecule has 46 heavy (non-hydrogen) atoms. The van der Waals surface area contributed by atoms with Crippen molar-refractivity contribution >= 4 is 17.9 Å². The van der Waals surface area contributed by atoms with Crippen molar-refractivity contribution in [2.75, 3.05) is 46.4 Å². The van der Waals surface area contributed by atoms with Crippen LogP contribution in [0.25, 0.3) is 0 Å². The van der Waals surface area contributed by atoms with Gasteiger partial charge < -0.3 is 25.0 Å². The van der Waals surface area contributed by atoms with E-state index in [1.165, 1.54) is 57.6 Å². The summed E-state index contributed by atoms with van der Waals surface area (Å²) in [7, 11) is 2.26. The normalized spacial score (nSPS) is 19.9. The minimum absolute atomic E-state index is 0.458. The molecule has 3 N–H and O–H groups in total. The number of carboxylic acid groups (broad SMARTS) is 3. The van der Waals surface area contributed by atoms with Crippen molar-refractivity contribution in [1.82, 2.24) is 14.8 Å². The second kappa shape index (κ2) is 17.1. The van der Waals surface area contributed by atoms with Gasteiger partial charge in [0.15, 0.2) is 0 Å². The van der Waals surface area contributed by atoms with Gasteiger partial charge in [0.25, 0.3) is 0 Å². The fourth-order valence-corrected chi connectivity index (χ4v) is 4.70. The standard InChI is InChI=1S/C21H33N3O.3C2HF3O2/c1-17-4-3-5-20(22-17)13-24-12-19(15-25-14-18-6-7-18)21(16-24)8-10-23(2)11-9-21;3*3-2(4,5)1(6)7/h3-5,18-19H,6-16H2,1-2H3;3*(H,6,7). The Hall–Kier alpha value is -3.19. The first-order valence-corrected chi connectivity index (χ1v) is 13.8. The molecule has 19 heteroatoms. The fourth-order valence-electron chi connectivity index (χ4n) is 4.70. The van der Waals surface area contributed by atoms with Crippen molar-refractivity contribution in [1.29, 1.82) is 0 Å². The van der Waals surface area contributed by atoms with Crippen LogP contribution in [0.2, 0.25) is 0 Å². The number of halogens is 9. The number of aryl methyl sites for hydroxylation is 1. The summed E-state index contributed by atoms with van der Waals surface area (Å²) >= 11 is 0. The quantitative estimate of drug-likeness (QED) is 0.356. The summed E-state index contributed by atoms with van der Waals surface area (Å²) < 4.78 is 101. The number of pyridine rings is 1. The number of hydrogen-bond donors (Lipinski definition) is 3. The molecule has 2 saturated heterocycles. The lowest BCUT2D eigenvalue weighted by Gasteiger charge is -2.41. The van der Waals surface area contributed by atoms with Gasteiger partial charge in [0, 0.05) is 37.9 Å². The molecule has 4 rings (SSSR count). The predicted molar refractivity (Wildman–Crippen MR) is 142 cm³/mol. The highest BCUT2D eigenvalue weighted by Crippen LogP contribution is 2.45. The van der Waals surface area contributed by atoms with Crippen LogP contribution in [0.5, 0.6) is 0 Å². The molecule has 3 fully saturated rings. The number of ether oxygens (including phenoxy) is 1. The van der Waals surface area contributed by atoms with Crippen LogP contribution >= 0.6 is 0 Å². The third-order valence-electron chi connectivity index (χ3n) is 7.29. The molecule has 1 aromatic heterocycles. The Bertz CT molecular complexity index is 1080. The number of hydrogen-bond acceptors (Lipinski definition) is 7. The van der Waals surface area contributed by atoms with Gasteiger partial charge in [-0.3, -0.25) is 9.88 Å². The van der Waals surface area contributed by atoms with Gasteiger partial charge in [0.2, 0.25) is 0 Å². The maximum absolute atomic E-state index is 10.6. The molecule has 0 radical (unpaired) electrons. The smallest absolute Gasteiger partial charge is 0.475 e. The van der Waals surface area contributed by atoms with Gasteiger partial charge >= 0.3 is 36.4 Å². The van der Waals surface area contributed by atoms with Gasteiger partial charge in [-0.15, -0.1) is 0 Å².